The normalized spacial score (nSPS) is 21.6. The zero-order valence-electron chi connectivity index (χ0n) is 18.6. The molecule has 1 aliphatic rings. The zero-order chi connectivity index (χ0) is 21.7. The second kappa shape index (κ2) is 9.87. The second-order valence-electron chi connectivity index (χ2n) is 8.87. The topological polar surface area (TPSA) is 92.9 Å². The monoisotopic (exact) mass is 411 g/mol. The fraction of sp³-hybridized carbons (Fsp3) is 0.565. The highest BCUT2D eigenvalue weighted by Crippen LogP contribution is 2.38. The van der Waals surface area contributed by atoms with Crippen molar-refractivity contribution in [3.63, 3.8) is 0 Å². The number of carbonyl (C=O) groups excluding carboxylic acids is 1. The van der Waals surface area contributed by atoms with E-state index in [2.05, 4.69) is 52.7 Å². The Kier molecular flexibility index (Phi) is 7.24. The van der Waals surface area contributed by atoms with E-state index in [9.17, 15) is 4.79 Å². The molecule has 2 heterocycles. The number of pyridine rings is 1. The van der Waals surface area contributed by atoms with E-state index in [1.54, 1.807) is 12.4 Å². The number of allylic oxidation sites excluding steroid dienone is 1. The van der Waals surface area contributed by atoms with E-state index >= 15 is 0 Å². The van der Waals surface area contributed by atoms with Crippen LogP contribution in [0.1, 0.15) is 46.9 Å². The molecule has 3 atom stereocenters. The third kappa shape index (κ3) is 5.68. The van der Waals surface area contributed by atoms with Gasteiger partial charge in [0.2, 0.25) is 11.8 Å². The predicted octanol–water partition coefficient (Wildman–Crippen LogP) is 4.24. The van der Waals surface area contributed by atoms with E-state index in [-0.39, 0.29) is 12.1 Å². The summed E-state index contributed by atoms with van der Waals surface area (Å²) >= 11 is 0. The molecule has 30 heavy (non-hydrogen) atoms. The molecule has 0 saturated heterocycles. The molecule has 0 radical (unpaired) electrons. The molecular weight excluding hydrogens is 378 g/mol. The number of aromatic nitrogens is 3. The minimum Gasteiger partial charge on any atom is -0.421 e. The first kappa shape index (κ1) is 22.0. The van der Waals surface area contributed by atoms with Crippen molar-refractivity contribution in [3.05, 3.63) is 42.1 Å². The fourth-order valence-electron chi connectivity index (χ4n) is 4.19. The lowest BCUT2D eigenvalue weighted by atomic mass is 9.70. The first-order chi connectivity index (χ1) is 14.3. The Bertz CT molecular complexity index is 859. The van der Waals surface area contributed by atoms with Gasteiger partial charge in [0.1, 0.15) is 0 Å². The van der Waals surface area contributed by atoms with Crippen LogP contribution in [0, 0.1) is 23.7 Å². The largest absolute Gasteiger partial charge is 0.421 e. The van der Waals surface area contributed by atoms with Gasteiger partial charge in [0, 0.05) is 37.0 Å². The Balaban J connectivity index is 1.67. The Morgan fingerprint density at radius 2 is 1.93 bits per heavy atom. The van der Waals surface area contributed by atoms with Crippen molar-refractivity contribution in [1.29, 1.82) is 0 Å². The van der Waals surface area contributed by atoms with Crippen LogP contribution in [0.2, 0.25) is 0 Å². The van der Waals surface area contributed by atoms with E-state index in [1.165, 1.54) is 5.57 Å². The quantitative estimate of drug-likeness (QED) is 0.665. The van der Waals surface area contributed by atoms with E-state index in [4.69, 9.17) is 4.42 Å². The third-order valence-electron chi connectivity index (χ3n) is 5.82. The summed E-state index contributed by atoms with van der Waals surface area (Å²) in [7, 11) is 0. The molecule has 0 bridgehead atoms. The number of nitrogens with zero attached hydrogens (tertiary/aromatic N) is 3. The predicted molar refractivity (Wildman–Crippen MR) is 117 cm³/mol. The van der Waals surface area contributed by atoms with Crippen molar-refractivity contribution in [2.45, 2.75) is 53.5 Å². The molecule has 2 aromatic rings. The van der Waals surface area contributed by atoms with Crippen molar-refractivity contribution >= 4 is 6.03 Å². The standard InChI is InChI=1S/C23H33N5O2/c1-14(2)20-11-18(16(5)10-19(20)13-25-23(29)26-15(3)4)12-21-27-28-22(30-21)17-6-8-24-9-7-17/h6-10,14-15,18-20H,11-13H2,1-5H3,(H2,25,26,29). The molecule has 0 spiro atoms. The highest BCUT2D eigenvalue weighted by molar-refractivity contribution is 5.74. The molecule has 2 aromatic heterocycles. The number of carbonyl (C=O) groups is 1. The van der Waals surface area contributed by atoms with Crippen LogP contribution < -0.4 is 10.6 Å². The van der Waals surface area contributed by atoms with Gasteiger partial charge < -0.3 is 15.1 Å². The lowest BCUT2D eigenvalue weighted by molar-refractivity contribution is 0.210. The summed E-state index contributed by atoms with van der Waals surface area (Å²) in [6.07, 6.45) is 7.55. The first-order valence-corrected chi connectivity index (χ1v) is 10.8. The maximum absolute atomic E-state index is 12.0. The Labute approximate surface area is 178 Å². The van der Waals surface area contributed by atoms with Crippen LogP contribution in [0.15, 0.2) is 40.6 Å². The minimum atomic E-state index is -0.102. The summed E-state index contributed by atoms with van der Waals surface area (Å²) in [6, 6.07) is 3.76. The SMILES string of the molecule is CC1=CC(CNC(=O)NC(C)C)C(C(C)C)CC1Cc1nnc(-c2ccncc2)o1. The Hall–Kier alpha value is -2.70. The number of hydrogen-bond acceptors (Lipinski definition) is 5. The number of amides is 2. The van der Waals surface area contributed by atoms with E-state index in [0.29, 0.717) is 42.0 Å². The summed E-state index contributed by atoms with van der Waals surface area (Å²) in [5.74, 6) is 2.89. The smallest absolute Gasteiger partial charge is 0.315 e. The lowest BCUT2D eigenvalue weighted by Crippen LogP contribution is -2.43. The van der Waals surface area contributed by atoms with Crippen molar-refractivity contribution in [1.82, 2.24) is 25.8 Å². The molecule has 1 aliphatic carbocycles. The van der Waals surface area contributed by atoms with Gasteiger partial charge in [0.05, 0.1) is 0 Å². The van der Waals surface area contributed by atoms with E-state index < -0.39 is 0 Å². The molecule has 2 N–H and O–H groups in total. The number of urea groups is 1. The second-order valence-corrected chi connectivity index (χ2v) is 8.87. The maximum Gasteiger partial charge on any atom is 0.315 e. The molecule has 3 unspecified atom stereocenters. The van der Waals surface area contributed by atoms with Crippen LogP contribution in [0.4, 0.5) is 4.79 Å². The van der Waals surface area contributed by atoms with E-state index in [1.807, 2.05) is 26.0 Å². The fourth-order valence-corrected chi connectivity index (χ4v) is 4.19. The van der Waals surface area contributed by atoms with E-state index in [0.717, 1.165) is 18.4 Å². The van der Waals surface area contributed by atoms with Gasteiger partial charge in [-0.3, -0.25) is 4.98 Å². The Morgan fingerprint density at radius 3 is 2.60 bits per heavy atom. The van der Waals surface area contributed by atoms with Crippen LogP contribution >= 0.6 is 0 Å². The highest BCUT2D eigenvalue weighted by Gasteiger charge is 2.32. The average Bonchev–Trinajstić information content (AvgIpc) is 3.16. The van der Waals surface area contributed by atoms with Crippen molar-refractivity contribution < 1.29 is 9.21 Å². The molecule has 7 heteroatoms. The molecule has 0 saturated carbocycles. The molecule has 3 rings (SSSR count). The molecule has 162 valence electrons. The molecule has 0 fully saturated rings. The van der Waals surface area contributed by atoms with Crippen LogP contribution in [-0.2, 0) is 6.42 Å². The molecule has 0 aliphatic heterocycles. The third-order valence-corrected chi connectivity index (χ3v) is 5.82. The van der Waals surface area contributed by atoms with Gasteiger partial charge in [-0.2, -0.15) is 0 Å². The van der Waals surface area contributed by atoms with Crippen molar-refractivity contribution in [2.75, 3.05) is 6.54 Å². The minimum absolute atomic E-state index is 0.102. The summed E-state index contributed by atoms with van der Waals surface area (Å²) in [5, 5.41) is 14.4. The van der Waals surface area contributed by atoms with Gasteiger partial charge in [-0.05, 0) is 63.0 Å². The maximum atomic E-state index is 12.0. The summed E-state index contributed by atoms with van der Waals surface area (Å²) in [5.41, 5.74) is 2.21. The van der Waals surface area contributed by atoms with Crippen molar-refractivity contribution in [2.24, 2.45) is 23.7 Å². The molecule has 0 aromatic carbocycles. The van der Waals surface area contributed by atoms with Gasteiger partial charge in [0.15, 0.2) is 0 Å². The van der Waals surface area contributed by atoms with Crippen LogP contribution in [-0.4, -0.2) is 33.8 Å². The van der Waals surface area contributed by atoms with Gasteiger partial charge in [-0.15, -0.1) is 10.2 Å². The van der Waals surface area contributed by atoms with Gasteiger partial charge in [0.25, 0.3) is 0 Å². The first-order valence-electron chi connectivity index (χ1n) is 10.8. The number of nitrogens with one attached hydrogen (secondary N) is 2. The average molecular weight is 412 g/mol. The molecular formula is C23H33N5O2. The Morgan fingerprint density at radius 1 is 1.20 bits per heavy atom. The van der Waals surface area contributed by atoms with Crippen LogP contribution in [0.5, 0.6) is 0 Å². The summed E-state index contributed by atoms with van der Waals surface area (Å²) in [6.45, 7) is 11.3. The highest BCUT2D eigenvalue weighted by atomic mass is 16.4. The van der Waals surface area contributed by atoms with Gasteiger partial charge in [-0.25, -0.2) is 4.79 Å². The summed E-state index contributed by atoms with van der Waals surface area (Å²) in [4.78, 5) is 16.0. The van der Waals surface area contributed by atoms with Gasteiger partial charge >= 0.3 is 6.03 Å². The van der Waals surface area contributed by atoms with Gasteiger partial charge in [-0.1, -0.05) is 25.5 Å². The number of rotatable bonds is 7. The molecule has 7 nitrogen and oxygen atoms in total. The van der Waals surface area contributed by atoms with Crippen LogP contribution in [0.3, 0.4) is 0 Å². The summed E-state index contributed by atoms with van der Waals surface area (Å²) < 4.78 is 5.92. The van der Waals surface area contributed by atoms with Crippen molar-refractivity contribution in [3.8, 4) is 11.5 Å². The number of hydrogen-bond donors (Lipinski definition) is 2. The zero-order valence-corrected chi connectivity index (χ0v) is 18.6. The van der Waals surface area contributed by atoms with Crippen LogP contribution in [0.25, 0.3) is 11.5 Å². The molecule has 2 amide bonds. The lowest BCUT2D eigenvalue weighted by Gasteiger charge is -2.37.